The third-order valence-electron chi connectivity index (χ3n) is 5.65. The second-order valence-electron chi connectivity index (χ2n) is 7.50. The number of anilines is 1. The number of rotatable bonds is 4. The Labute approximate surface area is 166 Å². The number of fused-ring (bicyclic) bond motifs is 1. The summed E-state index contributed by atoms with van der Waals surface area (Å²) < 4.78 is 5.44. The zero-order valence-electron chi connectivity index (χ0n) is 16.6. The number of ether oxygens (including phenoxy) is 1. The van der Waals surface area contributed by atoms with Crippen LogP contribution in [0.2, 0.25) is 0 Å². The largest absolute Gasteiger partial charge is 0.378 e. The molecule has 4 rings (SSSR count). The van der Waals surface area contributed by atoms with E-state index < -0.39 is 0 Å². The monoisotopic (exact) mass is 380 g/mol. The molecule has 2 aromatic rings. The van der Waals surface area contributed by atoms with Crippen LogP contribution in [-0.2, 0) is 28.8 Å². The number of carbonyl (C=O) groups is 1. The molecule has 2 aliphatic heterocycles. The van der Waals surface area contributed by atoms with E-state index in [1.807, 2.05) is 23.1 Å². The first kappa shape index (κ1) is 18.9. The van der Waals surface area contributed by atoms with Crippen molar-refractivity contribution < 1.29 is 9.53 Å². The van der Waals surface area contributed by atoms with Crippen LogP contribution in [0.5, 0.6) is 0 Å². The Morgan fingerprint density at radius 3 is 2.57 bits per heavy atom. The molecule has 0 aliphatic carbocycles. The van der Waals surface area contributed by atoms with Gasteiger partial charge in [0.2, 0.25) is 11.9 Å². The molecular weight excluding hydrogens is 352 g/mol. The molecule has 1 aromatic carbocycles. The molecule has 0 saturated carbocycles. The third kappa shape index (κ3) is 4.33. The van der Waals surface area contributed by atoms with Crippen LogP contribution in [-0.4, -0.2) is 60.2 Å². The van der Waals surface area contributed by atoms with Crippen molar-refractivity contribution in [1.29, 1.82) is 0 Å². The lowest BCUT2D eigenvalue weighted by Crippen LogP contribution is -2.37. The van der Waals surface area contributed by atoms with Gasteiger partial charge in [-0.2, -0.15) is 0 Å². The molecule has 0 radical (unpaired) electrons. The van der Waals surface area contributed by atoms with E-state index in [0.29, 0.717) is 6.42 Å². The minimum atomic E-state index is 0.232. The number of hydrogen-bond acceptors (Lipinski definition) is 5. The van der Waals surface area contributed by atoms with Gasteiger partial charge in [0.05, 0.1) is 18.9 Å². The van der Waals surface area contributed by atoms with Gasteiger partial charge >= 0.3 is 0 Å². The molecule has 2 aliphatic rings. The number of carbonyl (C=O) groups excluding carboxylic acids is 1. The first-order chi connectivity index (χ1) is 13.7. The van der Waals surface area contributed by atoms with Gasteiger partial charge in [-0.1, -0.05) is 30.3 Å². The summed E-state index contributed by atoms with van der Waals surface area (Å²) in [5, 5.41) is 0. The van der Waals surface area contributed by atoms with E-state index in [0.717, 1.165) is 76.0 Å². The van der Waals surface area contributed by atoms with Crippen molar-refractivity contribution in [1.82, 2.24) is 14.9 Å². The molecule has 0 bridgehead atoms. The summed E-state index contributed by atoms with van der Waals surface area (Å²) in [6.07, 6.45) is 2.99. The Kier molecular flexibility index (Phi) is 5.86. The van der Waals surface area contributed by atoms with Crippen molar-refractivity contribution in [2.75, 3.05) is 44.3 Å². The van der Waals surface area contributed by atoms with Crippen LogP contribution in [0.25, 0.3) is 0 Å². The van der Waals surface area contributed by atoms with Crippen molar-refractivity contribution in [3.63, 3.8) is 0 Å². The highest BCUT2D eigenvalue weighted by molar-refractivity contribution is 5.76. The summed E-state index contributed by atoms with van der Waals surface area (Å²) in [5.41, 5.74) is 4.58. The highest BCUT2D eigenvalue weighted by Gasteiger charge is 2.23. The summed E-state index contributed by atoms with van der Waals surface area (Å²) in [4.78, 5) is 26.6. The minimum Gasteiger partial charge on any atom is -0.378 e. The predicted molar refractivity (Wildman–Crippen MR) is 109 cm³/mol. The van der Waals surface area contributed by atoms with Gasteiger partial charge < -0.3 is 14.5 Å². The molecule has 1 aromatic heterocycles. The number of morpholine rings is 1. The average Bonchev–Trinajstić information content (AvgIpc) is 2.96. The zero-order valence-corrected chi connectivity index (χ0v) is 16.6. The van der Waals surface area contributed by atoms with Crippen molar-refractivity contribution in [2.45, 2.75) is 32.6 Å². The summed E-state index contributed by atoms with van der Waals surface area (Å²) in [6.45, 7) is 6.68. The van der Waals surface area contributed by atoms with Crippen LogP contribution in [0.4, 0.5) is 5.95 Å². The highest BCUT2D eigenvalue weighted by atomic mass is 16.5. The minimum absolute atomic E-state index is 0.232. The number of aryl methyl sites for hydroxylation is 2. The third-order valence-corrected chi connectivity index (χ3v) is 5.65. The molecule has 1 fully saturated rings. The Morgan fingerprint density at radius 1 is 1.04 bits per heavy atom. The first-order valence-electron chi connectivity index (χ1n) is 10.2. The van der Waals surface area contributed by atoms with Crippen LogP contribution in [0.3, 0.4) is 0 Å². The Hall–Kier alpha value is -2.47. The fourth-order valence-electron chi connectivity index (χ4n) is 3.98. The van der Waals surface area contributed by atoms with E-state index in [1.165, 1.54) is 11.1 Å². The van der Waals surface area contributed by atoms with Gasteiger partial charge in [-0.15, -0.1) is 0 Å². The van der Waals surface area contributed by atoms with Crippen LogP contribution < -0.4 is 4.90 Å². The molecule has 3 heterocycles. The average molecular weight is 380 g/mol. The van der Waals surface area contributed by atoms with Gasteiger partial charge in [0, 0.05) is 44.7 Å². The van der Waals surface area contributed by atoms with E-state index in [-0.39, 0.29) is 5.91 Å². The van der Waals surface area contributed by atoms with E-state index in [1.54, 1.807) is 0 Å². The lowest BCUT2D eigenvalue weighted by atomic mass is 10.1. The van der Waals surface area contributed by atoms with Crippen molar-refractivity contribution in [3.05, 3.63) is 52.8 Å². The second-order valence-corrected chi connectivity index (χ2v) is 7.50. The van der Waals surface area contributed by atoms with Crippen molar-refractivity contribution >= 4 is 11.9 Å². The molecule has 0 N–H and O–H groups in total. The fourth-order valence-corrected chi connectivity index (χ4v) is 3.98. The molecular formula is C22H28N4O2. The van der Waals surface area contributed by atoms with Crippen LogP contribution >= 0.6 is 0 Å². The van der Waals surface area contributed by atoms with Gasteiger partial charge in [-0.25, -0.2) is 9.97 Å². The van der Waals surface area contributed by atoms with Crippen LogP contribution in [0, 0.1) is 6.92 Å². The molecule has 0 atom stereocenters. The van der Waals surface area contributed by atoms with Crippen LogP contribution in [0.15, 0.2) is 30.3 Å². The normalized spacial score (nSPS) is 17.2. The van der Waals surface area contributed by atoms with Crippen LogP contribution in [0.1, 0.15) is 28.9 Å². The molecule has 148 valence electrons. The Morgan fingerprint density at radius 2 is 1.79 bits per heavy atom. The number of amides is 1. The van der Waals surface area contributed by atoms with E-state index in [4.69, 9.17) is 14.7 Å². The quantitative estimate of drug-likeness (QED) is 0.814. The molecule has 0 spiro atoms. The Bertz CT molecular complexity index is 819. The van der Waals surface area contributed by atoms with E-state index >= 15 is 0 Å². The first-order valence-corrected chi connectivity index (χ1v) is 10.2. The maximum absolute atomic E-state index is 12.7. The second kappa shape index (κ2) is 8.69. The maximum atomic E-state index is 12.7. The zero-order chi connectivity index (χ0) is 19.3. The maximum Gasteiger partial charge on any atom is 0.225 e. The number of benzene rings is 1. The standard InChI is InChI=1S/C22H28N4O2/c1-17-19-9-11-25(21(27)8-7-18-5-3-2-4-6-18)12-10-20(19)24-22(23-17)26-13-15-28-16-14-26/h2-6H,7-16H2,1H3. The number of nitrogens with zero attached hydrogens (tertiary/aromatic N) is 4. The topological polar surface area (TPSA) is 58.6 Å². The number of aromatic nitrogens is 2. The predicted octanol–water partition coefficient (Wildman–Crippen LogP) is 2.18. The SMILES string of the molecule is Cc1nc(N2CCOCC2)nc2c1CCN(C(=O)CCc1ccccc1)CC2. The van der Waals surface area contributed by atoms with Crippen molar-refractivity contribution in [2.24, 2.45) is 0 Å². The van der Waals surface area contributed by atoms with Gasteiger partial charge in [0.1, 0.15) is 0 Å². The molecule has 6 nitrogen and oxygen atoms in total. The smallest absolute Gasteiger partial charge is 0.225 e. The van der Waals surface area contributed by atoms with Gasteiger partial charge in [-0.05, 0) is 30.9 Å². The lowest BCUT2D eigenvalue weighted by Gasteiger charge is -2.27. The lowest BCUT2D eigenvalue weighted by molar-refractivity contribution is -0.131. The highest BCUT2D eigenvalue weighted by Crippen LogP contribution is 2.21. The van der Waals surface area contributed by atoms with Gasteiger partial charge in [0.25, 0.3) is 0 Å². The van der Waals surface area contributed by atoms with Gasteiger partial charge in [0.15, 0.2) is 0 Å². The van der Waals surface area contributed by atoms with Gasteiger partial charge in [-0.3, -0.25) is 4.79 Å². The summed E-state index contributed by atoms with van der Waals surface area (Å²) in [6, 6.07) is 10.2. The molecule has 1 amide bonds. The van der Waals surface area contributed by atoms with E-state index in [9.17, 15) is 4.79 Å². The summed E-state index contributed by atoms with van der Waals surface area (Å²) >= 11 is 0. The number of hydrogen-bond donors (Lipinski definition) is 0. The Balaban J connectivity index is 1.41. The fraction of sp³-hybridized carbons (Fsp3) is 0.500. The van der Waals surface area contributed by atoms with E-state index in [2.05, 4.69) is 24.0 Å². The molecule has 0 unspecified atom stereocenters. The molecule has 28 heavy (non-hydrogen) atoms. The molecule has 6 heteroatoms. The van der Waals surface area contributed by atoms with Crippen molar-refractivity contribution in [3.8, 4) is 0 Å². The molecule has 1 saturated heterocycles. The summed E-state index contributed by atoms with van der Waals surface area (Å²) in [5.74, 6) is 1.04. The summed E-state index contributed by atoms with van der Waals surface area (Å²) in [7, 11) is 0.